The minimum atomic E-state index is -0.274. The number of H-pyrrole nitrogens is 1. The molecule has 1 heterocycles. The van der Waals surface area contributed by atoms with Crippen LogP contribution in [-0.2, 0) is 4.79 Å². The Morgan fingerprint density at radius 1 is 1.29 bits per heavy atom. The monoisotopic (exact) mass is 368 g/mol. The molecule has 1 atom stereocenters. The van der Waals surface area contributed by atoms with Crippen LogP contribution in [0.3, 0.4) is 0 Å². The van der Waals surface area contributed by atoms with Crippen LogP contribution in [0.2, 0.25) is 0 Å². The van der Waals surface area contributed by atoms with E-state index in [-0.39, 0.29) is 11.2 Å². The van der Waals surface area contributed by atoms with Crippen molar-refractivity contribution in [2.45, 2.75) is 37.1 Å². The Balaban J connectivity index is 1.94. The number of nitrogens with one attached hydrogen (secondary N) is 2. The number of nitrogens with zero attached hydrogens (tertiary/aromatic N) is 2. The van der Waals surface area contributed by atoms with Gasteiger partial charge in [0.1, 0.15) is 5.82 Å². The molecule has 7 heteroatoms. The average Bonchev–Trinajstić information content (AvgIpc) is 2.90. The highest BCUT2D eigenvalue weighted by Crippen LogP contribution is 2.22. The lowest BCUT2D eigenvalue weighted by Gasteiger charge is -2.10. The fourth-order valence-corrected chi connectivity index (χ4v) is 2.55. The molecule has 0 saturated carbocycles. The Morgan fingerprint density at radius 2 is 1.95 bits per heavy atom. The Morgan fingerprint density at radius 3 is 2.52 bits per heavy atom. The summed E-state index contributed by atoms with van der Waals surface area (Å²) in [6, 6.07) is 7.47. The van der Waals surface area contributed by atoms with Gasteiger partial charge in [0.05, 0.1) is 5.25 Å². The minimum absolute atomic E-state index is 0.0711. The third-order valence-electron chi connectivity index (χ3n) is 2.79. The van der Waals surface area contributed by atoms with E-state index in [2.05, 4.69) is 36.4 Å². The van der Waals surface area contributed by atoms with Crippen molar-refractivity contribution >= 4 is 39.3 Å². The molecule has 0 saturated heterocycles. The highest BCUT2D eigenvalue weighted by atomic mass is 79.9. The van der Waals surface area contributed by atoms with Crippen molar-refractivity contribution in [3.63, 3.8) is 0 Å². The van der Waals surface area contributed by atoms with Crippen LogP contribution in [0.25, 0.3) is 0 Å². The van der Waals surface area contributed by atoms with E-state index in [0.717, 1.165) is 16.0 Å². The molecular weight excluding hydrogens is 352 g/mol. The van der Waals surface area contributed by atoms with Crippen LogP contribution in [0.5, 0.6) is 0 Å². The van der Waals surface area contributed by atoms with Crippen molar-refractivity contribution in [2.24, 2.45) is 0 Å². The Labute approximate surface area is 136 Å². The van der Waals surface area contributed by atoms with Crippen molar-refractivity contribution in [3.05, 3.63) is 34.6 Å². The molecule has 1 amide bonds. The van der Waals surface area contributed by atoms with E-state index in [1.54, 1.807) is 0 Å². The minimum Gasteiger partial charge on any atom is -0.325 e. The Hall–Kier alpha value is -1.34. The predicted octanol–water partition coefficient (Wildman–Crippen LogP) is 3.81. The van der Waals surface area contributed by atoms with Gasteiger partial charge in [0, 0.05) is 16.1 Å². The number of amides is 1. The maximum Gasteiger partial charge on any atom is 0.237 e. The normalized spacial score (nSPS) is 12.4. The summed E-state index contributed by atoms with van der Waals surface area (Å²) in [7, 11) is 0. The molecule has 0 fully saturated rings. The van der Waals surface area contributed by atoms with Crippen LogP contribution >= 0.6 is 27.7 Å². The lowest BCUT2D eigenvalue weighted by atomic mass is 10.2. The predicted molar refractivity (Wildman–Crippen MR) is 88.6 cm³/mol. The quantitative estimate of drug-likeness (QED) is 0.787. The second-order valence-electron chi connectivity index (χ2n) is 4.91. The zero-order chi connectivity index (χ0) is 15.4. The molecule has 0 aliphatic heterocycles. The van der Waals surface area contributed by atoms with Crippen LogP contribution in [0.15, 0.2) is 33.9 Å². The average molecular weight is 369 g/mol. The van der Waals surface area contributed by atoms with Gasteiger partial charge >= 0.3 is 0 Å². The molecule has 1 aromatic heterocycles. The first-order valence-electron chi connectivity index (χ1n) is 6.61. The van der Waals surface area contributed by atoms with Gasteiger partial charge in [-0.1, -0.05) is 41.5 Å². The number of carbonyl (C=O) groups is 1. The zero-order valence-electron chi connectivity index (χ0n) is 12.1. The molecule has 0 spiro atoms. The van der Waals surface area contributed by atoms with Crippen molar-refractivity contribution in [2.75, 3.05) is 5.32 Å². The molecule has 21 heavy (non-hydrogen) atoms. The number of benzene rings is 1. The summed E-state index contributed by atoms with van der Waals surface area (Å²) in [5, 5.41) is 10.2. The van der Waals surface area contributed by atoms with E-state index < -0.39 is 0 Å². The molecule has 1 aromatic carbocycles. The number of carbonyl (C=O) groups excluding carboxylic acids is 1. The lowest BCUT2D eigenvalue weighted by Crippen LogP contribution is -2.22. The van der Waals surface area contributed by atoms with Crippen LogP contribution in [0.4, 0.5) is 5.69 Å². The van der Waals surface area contributed by atoms with E-state index in [9.17, 15) is 4.79 Å². The van der Waals surface area contributed by atoms with Gasteiger partial charge in [-0.25, -0.2) is 4.98 Å². The van der Waals surface area contributed by atoms with Crippen molar-refractivity contribution in [3.8, 4) is 0 Å². The molecule has 112 valence electrons. The number of hydrogen-bond acceptors (Lipinski definition) is 4. The molecule has 0 aliphatic rings. The third-order valence-corrected chi connectivity index (χ3v) is 4.28. The van der Waals surface area contributed by atoms with E-state index in [0.29, 0.717) is 11.1 Å². The summed E-state index contributed by atoms with van der Waals surface area (Å²) < 4.78 is 0.977. The molecule has 0 aliphatic carbocycles. The number of halogens is 1. The fraction of sp³-hybridized carbons (Fsp3) is 0.357. The third kappa shape index (κ3) is 4.57. The van der Waals surface area contributed by atoms with Crippen LogP contribution in [-0.4, -0.2) is 26.3 Å². The number of hydrogen-bond donors (Lipinski definition) is 2. The summed E-state index contributed by atoms with van der Waals surface area (Å²) in [6.45, 7) is 5.92. The zero-order valence-corrected chi connectivity index (χ0v) is 14.5. The molecule has 1 unspecified atom stereocenters. The maximum absolute atomic E-state index is 12.1. The largest absolute Gasteiger partial charge is 0.325 e. The van der Waals surface area contributed by atoms with Crippen LogP contribution < -0.4 is 5.32 Å². The second-order valence-corrected chi connectivity index (χ2v) is 7.14. The molecule has 0 radical (unpaired) electrons. The first-order chi connectivity index (χ1) is 9.95. The molecule has 2 aromatic rings. The number of thioether (sulfide) groups is 1. The fourth-order valence-electron chi connectivity index (χ4n) is 1.56. The molecule has 2 rings (SSSR count). The first kappa shape index (κ1) is 16.0. The maximum atomic E-state index is 12.1. The second kappa shape index (κ2) is 7.09. The van der Waals surface area contributed by atoms with Crippen molar-refractivity contribution < 1.29 is 4.79 Å². The molecule has 0 bridgehead atoms. The van der Waals surface area contributed by atoms with E-state index >= 15 is 0 Å². The number of aromatic nitrogens is 3. The van der Waals surface area contributed by atoms with Gasteiger partial charge in [0.2, 0.25) is 11.1 Å². The first-order valence-corrected chi connectivity index (χ1v) is 8.28. The van der Waals surface area contributed by atoms with Crippen LogP contribution in [0, 0.1) is 0 Å². The molecular formula is C14H17BrN4OS. The Bertz CT molecular complexity index is 612. The van der Waals surface area contributed by atoms with Crippen LogP contribution in [0.1, 0.15) is 32.5 Å². The van der Waals surface area contributed by atoms with E-state index in [4.69, 9.17) is 0 Å². The number of aromatic amines is 1. The van der Waals surface area contributed by atoms with Gasteiger partial charge in [-0.05, 0) is 31.2 Å². The summed E-state index contributed by atoms with van der Waals surface area (Å²) >= 11 is 4.70. The number of anilines is 1. The van der Waals surface area contributed by atoms with Gasteiger partial charge < -0.3 is 5.32 Å². The summed E-state index contributed by atoms with van der Waals surface area (Å²) in [5.41, 5.74) is 0.772. The molecule has 5 nitrogen and oxygen atoms in total. The summed E-state index contributed by atoms with van der Waals surface area (Å²) in [4.78, 5) is 16.5. The lowest BCUT2D eigenvalue weighted by molar-refractivity contribution is -0.115. The highest BCUT2D eigenvalue weighted by Gasteiger charge is 2.17. The van der Waals surface area contributed by atoms with Gasteiger partial charge in [0.25, 0.3) is 0 Å². The standard InChI is InChI=1S/C14H17BrN4OS/c1-8(2)12-17-14(19-18-12)21-9(3)13(20)16-11-6-4-10(15)5-7-11/h4-9H,1-3H3,(H,16,20)(H,17,18,19). The van der Waals surface area contributed by atoms with Gasteiger partial charge in [-0.15, -0.1) is 5.10 Å². The van der Waals surface area contributed by atoms with Gasteiger partial charge in [-0.2, -0.15) is 0 Å². The summed E-state index contributed by atoms with van der Waals surface area (Å²) in [6.07, 6.45) is 0. The van der Waals surface area contributed by atoms with E-state index in [1.807, 2.05) is 45.0 Å². The van der Waals surface area contributed by atoms with Crippen molar-refractivity contribution in [1.82, 2.24) is 15.2 Å². The summed E-state index contributed by atoms with van der Waals surface area (Å²) in [5.74, 6) is 1.05. The molecule has 2 N–H and O–H groups in total. The van der Waals surface area contributed by atoms with Gasteiger partial charge in [0.15, 0.2) is 0 Å². The SMILES string of the molecule is CC(Sc1n[nH]c(C(C)C)n1)C(=O)Nc1ccc(Br)cc1. The van der Waals surface area contributed by atoms with Crippen molar-refractivity contribution in [1.29, 1.82) is 0 Å². The van der Waals surface area contributed by atoms with E-state index in [1.165, 1.54) is 11.8 Å². The Kier molecular flexibility index (Phi) is 5.41. The number of rotatable bonds is 5. The smallest absolute Gasteiger partial charge is 0.237 e. The topological polar surface area (TPSA) is 70.7 Å². The highest BCUT2D eigenvalue weighted by molar-refractivity contribution is 9.10. The van der Waals surface area contributed by atoms with Gasteiger partial charge in [-0.3, -0.25) is 9.89 Å².